The van der Waals surface area contributed by atoms with Crippen LogP contribution in [-0.4, -0.2) is 19.5 Å². The molecule has 2 aromatic carbocycles. The van der Waals surface area contributed by atoms with Gasteiger partial charge in [-0.3, -0.25) is 4.79 Å². The molecule has 2 aromatic rings. The summed E-state index contributed by atoms with van der Waals surface area (Å²) in [5.41, 5.74) is 2.79. The van der Waals surface area contributed by atoms with Gasteiger partial charge in [-0.15, -0.1) is 0 Å². The highest BCUT2D eigenvalue weighted by atomic mass is 16.5. The first kappa shape index (κ1) is 13.7. The number of carbonyl (C=O) groups is 1. The number of fused-ring (bicyclic) bond motifs is 1. The maximum absolute atomic E-state index is 12.8. The minimum absolute atomic E-state index is 0.0880. The predicted octanol–water partition coefficient (Wildman–Crippen LogP) is 3.44. The van der Waals surface area contributed by atoms with Crippen molar-refractivity contribution >= 4 is 5.78 Å². The number of rotatable bonds is 3. The number of ether oxygens (including phenoxy) is 2. The Labute approximate surface area is 124 Å². The third kappa shape index (κ3) is 2.64. The molecule has 3 heteroatoms. The van der Waals surface area contributed by atoms with Crippen LogP contribution in [0.4, 0.5) is 0 Å². The Morgan fingerprint density at radius 2 is 2.05 bits per heavy atom. The fourth-order valence-corrected chi connectivity index (χ4v) is 2.73. The Hall–Kier alpha value is -2.29. The monoisotopic (exact) mass is 282 g/mol. The fourth-order valence-electron chi connectivity index (χ4n) is 2.73. The first-order chi connectivity index (χ1) is 10.2. The van der Waals surface area contributed by atoms with Crippen LogP contribution in [0.25, 0.3) is 0 Å². The zero-order valence-corrected chi connectivity index (χ0v) is 12.3. The maximum Gasteiger partial charge on any atom is 0.173 e. The Balaban J connectivity index is 1.89. The zero-order chi connectivity index (χ0) is 14.8. The summed E-state index contributed by atoms with van der Waals surface area (Å²) in [4.78, 5) is 12.8. The van der Waals surface area contributed by atoms with Crippen LogP contribution in [0.2, 0.25) is 0 Å². The van der Waals surface area contributed by atoms with Gasteiger partial charge in [-0.1, -0.05) is 29.8 Å². The number of carbonyl (C=O) groups excluding carboxylic acids is 1. The van der Waals surface area contributed by atoms with Gasteiger partial charge in [0.2, 0.25) is 0 Å². The maximum atomic E-state index is 12.8. The van der Waals surface area contributed by atoms with Crippen LogP contribution in [0.3, 0.4) is 0 Å². The first-order valence-corrected chi connectivity index (χ1v) is 7.08. The van der Waals surface area contributed by atoms with E-state index in [9.17, 15) is 4.79 Å². The van der Waals surface area contributed by atoms with Crippen molar-refractivity contribution in [2.45, 2.75) is 13.3 Å². The van der Waals surface area contributed by atoms with Crippen molar-refractivity contribution in [1.82, 2.24) is 0 Å². The molecular weight excluding hydrogens is 264 g/mol. The lowest BCUT2D eigenvalue weighted by Crippen LogP contribution is -2.28. The van der Waals surface area contributed by atoms with E-state index >= 15 is 0 Å². The molecule has 0 saturated heterocycles. The highest BCUT2D eigenvalue weighted by molar-refractivity contribution is 6.00. The number of hydrogen-bond donors (Lipinski definition) is 0. The summed E-state index contributed by atoms with van der Waals surface area (Å²) in [5.74, 6) is 1.45. The molecule has 0 fully saturated rings. The molecule has 0 bridgehead atoms. The molecule has 108 valence electrons. The third-order valence-corrected chi connectivity index (χ3v) is 3.87. The number of aryl methyl sites for hydroxylation is 1. The van der Waals surface area contributed by atoms with Crippen molar-refractivity contribution in [2.24, 2.45) is 5.92 Å². The lowest BCUT2D eigenvalue weighted by atomic mass is 9.89. The van der Waals surface area contributed by atoms with Crippen molar-refractivity contribution < 1.29 is 14.3 Å². The Bertz CT molecular complexity index is 676. The molecule has 3 nitrogen and oxygen atoms in total. The quantitative estimate of drug-likeness (QED) is 0.809. The molecule has 0 spiro atoms. The Morgan fingerprint density at radius 3 is 2.86 bits per heavy atom. The van der Waals surface area contributed by atoms with Crippen molar-refractivity contribution in [2.75, 3.05) is 13.7 Å². The smallest absolute Gasteiger partial charge is 0.173 e. The largest absolute Gasteiger partial charge is 0.496 e. The molecule has 0 radical (unpaired) electrons. The second kappa shape index (κ2) is 5.60. The van der Waals surface area contributed by atoms with E-state index in [0.717, 1.165) is 16.9 Å². The summed E-state index contributed by atoms with van der Waals surface area (Å²) in [6.45, 7) is 2.40. The van der Waals surface area contributed by atoms with E-state index in [1.165, 1.54) is 0 Å². The lowest BCUT2D eigenvalue weighted by molar-refractivity contribution is 0.0852. The van der Waals surface area contributed by atoms with Crippen LogP contribution in [0.1, 0.15) is 21.5 Å². The van der Waals surface area contributed by atoms with Crippen LogP contribution in [0.5, 0.6) is 11.5 Å². The Kier molecular flexibility index (Phi) is 3.65. The van der Waals surface area contributed by atoms with Gasteiger partial charge in [0.15, 0.2) is 5.78 Å². The van der Waals surface area contributed by atoms with Crippen LogP contribution in [0.15, 0.2) is 42.5 Å². The van der Waals surface area contributed by atoms with Gasteiger partial charge in [-0.2, -0.15) is 0 Å². The molecule has 1 atom stereocenters. The van der Waals surface area contributed by atoms with E-state index in [1.54, 1.807) is 7.11 Å². The molecule has 1 aliphatic heterocycles. The second-order valence-corrected chi connectivity index (χ2v) is 5.39. The van der Waals surface area contributed by atoms with Gasteiger partial charge >= 0.3 is 0 Å². The van der Waals surface area contributed by atoms with Gasteiger partial charge in [-0.05, 0) is 37.1 Å². The molecule has 21 heavy (non-hydrogen) atoms. The predicted molar refractivity (Wildman–Crippen MR) is 81.2 cm³/mol. The molecule has 1 heterocycles. The summed E-state index contributed by atoms with van der Waals surface area (Å²) in [7, 11) is 1.59. The molecule has 0 amide bonds. The minimum Gasteiger partial charge on any atom is -0.496 e. The second-order valence-electron chi connectivity index (χ2n) is 5.39. The molecule has 1 unspecified atom stereocenters. The highest BCUT2D eigenvalue weighted by Gasteiger charge is 2.28. The number of para-hydroxylation sites is 1. The van der Waals surface area contributed by atoms with Crippen LogP contribution < -0.4 is 9.47 Å². The summed E-state index contributed by atoms with van der Waals surface area (Å²) in [5, 5.41) is 0. The number of ketones is 1. The van der Waals surface area contributed by atoms with E-state index in [4.69, 9.17) is 9.47 Å². The van der Waals surface area contributed by atoms with Gasteiger partial charge in [0.05, 0.1) is 25.2 Å². The standard InChI is InChI=1S/C18H18O3/c1-12-7-8-17(20-2)15(9-12)18(19)14-10-13-5-3-4-6-16(13)21-11-14/h3-9,14H,10-11H2,1-2H3. The normalized spacial score (nSPS) is 16.8. The molecule has 0 N–H and O–H groups in total. The first-order valence-electron chi connectivity index (χ1n) is 7.08. The number of methoxy groups -OCH3 is 1. The SMILES string of the molecule is COc1ccc(C)cc1C(=O)C1COc2ccccc2C1. The van der Waals surface area contributed by atoms with E-state index in [1.807, 2.05) is 49.4 Å². The van der Waals surface area contributed by atoms with Crippen molar-refractivity contribution in [3.8, 4) is 11.5 Å². The van der Waals surface area contributed by atoms with Gasteiger partial charge in [-0.25, -0.2) is 0 Å². The molecule has 0 aromatic heterocycles. The molecule has 0 saturated carbocycles. The summed E-state index contributed by atoms with van der Waals surface area (Å²) in [6.07, 6.45) is 0.714. The van der Waals surface area contributed by atoms with E-state index < -0.39 is 0 Å². The summed E-state index contributed by atoms with van der Waals surface area (Å²) < 4.78 is 11.0. The van der Waals surface area contributed by atoms with Crippen molar-refractivity contribution in [3.63, 3.8) is 0 Å². The van der Waals surface area contributed by atoms with E-state index in [-0.39, 0.29) is 11.7 Å². The van der Waals surface area contributed by atoms with Crippen molar-refractivity contribution in [3.05, 3.63) is 59.2 Å². The number of hydrogen-bond acceptors (Lipinski definition) is 3. The van der Waals surface area contributed by atoms with Gasteiger partial charge < -0.3 is 9.47 Å². The highest BCUT2D eigenvalue weighted by Crippen LogP contribution is 2.30. The Morgan fingerprint density at radius 1 is 1.24 bits per heavy atom. The van der Waals surface area contributed by atoms with Gasteiger partial charge in [0, 0.05) is 0 Å². The minimum atomic E-state index is -0.157. The number of benzene rings is 2. The lowest BCUT2D eigenvalue weighted by Gasteiger charge is -2.24. The van der Waals surface area contributed by atoms with Crippen LogP contribution >= 0.6 is 0 Å². The summed E-state index contributed by atoms with van der Waals surface area (Å²) >= 11 is 0. The third-order valence-electron chi connectivity index (χ3n) is 3.87. The van der Waals surface area contributed by atoms with Crippen molar-refractivity contribution in [1.29, 1.82) is 0 Å². The van der Waals surface area contributed by atoms with Gasteiger partial charge in [0.1, 0.15) is 11.5 Å². The van der Waals surface area contributed by atoms with E-state index in [0.29, 0.717) is 24.3 Å². The molecule has 0 aliphatic carbocycles. The van der Waals surface area contributed by atoms with Crippen LogP contribution in [-0.2, 0) is 6.42 Å². The molecule has 1 aliphatic rings. The summed E-state index contributed by atoms with van der Waals surface area (Å²) in [6, 6.07) is 13.6. The molecular formula is C18H18O3. The fraction of sp³-hybridized carbons (Fsp3) is 0.278. The molecule has 3 rings (SSSR count). The topological polar surface area (TPSA) is 35.5 Å². The van der Waals surface area contributed by atoms with E-state index in [2.05, 4.69) is 0 Å². The average molecular weight is 282 g/mol. The van der Waals surface area contributed by atoms with Crippen LogP contribution in [0, 0.1) is 12.8 Å². The van der Waals surface area contributed by atoms with Gasteiger partial charge in [0.25, 0.3) is 0 Å². The zero-order valence-electron chi connectivity index (χ0n) is 12.3. The average Bonchev–Trinajstić information content (AvgIpc) is 2.53. The number of Topliss-reactive ketones (excluding diaryl/α,β-unsaturated/α-hetero) is 1.